The Morgan fingerprint density at radius 2 is 2.11 bits per heavy atom. The third kappa shape index (κ3) is 1.72. The lowest BCUT2D eigenvalue weighted by atomic mass is 10.1. The van der Waals surface area contributed by atoms with Gasteiger partial charge in [0.15, 0.2) is 0 Å². The zero-order valence-electron chi connectivity index (χ0n) is 10.4. The molecule has 3 N–H and O–H groups in total. The van der Waals surface area contributed by atoms with E-state index in [2.05, 4.69) is 27.1 Å². The SMILES string of the molecule is NC1(c2ccc3nc(-c4cccnc4)[nH]c3c2)CC1. The normalized spacial score (nSPS) is 16.7. The molecule has 1 aliphatic rings. The Morgan fingerprint density at radius 1 is 1.21 bits per heavy atom. The highest BCUT2D eigenvalue weighted by molar-refractivity contribution is 5.80. The van der Waals surface area contributed by atoms with Crippen molar-refractivity contribution in [1.82, 2.24) is 15.0 Å². The lowest BCUT2D eigenvalue weighted by Gasteiger charge is -2.07. The molecule has 94 valence electrons. The molecule has 4 nitrogen and oxygen atoms in total. The zero-order valence-corrected chi connectivity index (χ0v) is 10.4. The Morgan fingerprint density at radius 3 is 2.84 bits per heavy atom. The van der Waals surface area contributed by atoms with Gasteiger partial charge in [0.1, 0.15) is 5.82 Å². The molecule has 0 spiro atoms. The van der Waals surface area contributed by atoms with Crippen molar-refractivity contribution in [3.05, 3.63) is 48.3 Å². The Balaban J connectivity index is 1.83. The van der Waals surface area contributed by atoms with E-state index in [4.69, 9.17) is 5.73 Å². The van der Waals surface area contributed by atoms with Crippen molar-refractivity contribution < 1.29 is 0 Å². The maximum Gasteiger partial charge on any atom is 0.140 e. The van der Waals surface area contributed by atoms with Crippen LogP contribution in [-0.4, -0.2) is 15.0 Å². The second-order valence-electron chi connectivity index (χ2n) is 5.22. The van der Waals surface area contributed by atoms with E-state index in [1.165, 1.54) is 5.56 Å². The van der Waals surface area contributed by atoms with Crippen LogP contribution in [0.2, 0.25) is 0 Å². The molecule has 0 saturated heterocycles. The predicted octanol–water partition coefficient (Wildman–Crippen LogP) is 2.57. The predicted molar refractivity (Wildman–Crippen MR) is 74.4 cm³/mol. The van der Waals surface area contributed by atoms with Crippen LogP contribution in [0.5, 0.6) is 0 Å². The average Bonchev–Trinajstić information content (AvgIpc) is 3.06. The molecule has 0 aliphatic heterocycles. The van der Waals surface area contributed by atoms with Gasteiger partial charge in [0, 0.05) is 23.5 Å². The molecule has 1 aliphatic carbocycles. The number of aromatic nitrogens is 3. The Bertz CT molecular complexity index is 741. The van der Waals surface area contributed by atoms with Crippen LogP contribution in [0, 0.1) is 0 Å². The van der Waals surface area contributed by atoms with Crippen LogP contribution in [0.3, 0.4) is 0 Å². The second-order valence-corrected chi connectivity index (χ2v) is 5.22. The summed E-state index contributed by atoms with van der Waals surface area (Å²) in [7, 11) is 0. The molecule has 1 fully saturated rings. The fraction of sp³-hybridized carbons (Fsp3) is 0.200. The summed E-state index contributed by atoms with van der Waals surface area (Å²) in [6.07, 6.45) is 5.71. The molecular weight excluding hydrogens is 236 g/mol. The summed E-state index contributed by atoms with van der Waals surface area (Å²) in [6, 6.07) is 10.1. The largest absolute Gasteiger partial charge is 0.338 e. The van der Waals surface area contributed by atoms with E-state index in [1.54, 1.807) is 6.20 Å². The highest BCUT2D eigenvalue weighted by Gasteiger charge is 2.40. The van der Waals surface area contributed by atoms with Crippen molar-refractivity contribution in [2.24, 2.45) is 5.73 Å². The van der Waals surface area contributed by atoms with E-state index in [-0.39, 0.29) is 5.54 Å². The first kappa shape index (κ1) is 10.7. The van der Waals surface area contributed by atoms with Gasteiger partial charge in [0.25, 0.3) is 0 Å². The van der Waals surface area contributed by atoms with Crippen molar-refractivity contribution >= 4 is 11.0 Å². The van der Waals surface area contributed by atoms with Gasteiger partial charge < -0.3 is 10.7 Å². The van der Waals surface area contributed by atoms with E-state index < -0.39 is 0 Å². The van der Waals surface area contributed by atoms with Gasteiger partial charge >= 0.3 is 0 Å². The van der Waals surface area contributed by atoms with Crippen molar-refractivity contribution in [3.8, 4) is 11.4 Å². The van der Waals surface area contributed by atoms with Crippen molar-refractivity contribution in [1.29, 1.82) is 0 Å². The van der Waals surface area contributed by atoms with Crippen LogP contribution in [-0.2, 0) is 5.54 Å². The first-order valence-corrected chi connectivity index (χ1v) is 6.44. The zero-order chi connectivity index (χ0) is 12.9. The van der Waals surface area contributed by atoms with Gasteiger partial charge in [-0.05, 0) is 42.7 Å². The highest BCUT2D eigenvalue weighted by Crippen LogP contribution is 2.43. The van der Waals surface area contributed by atoms with E-state index >= 15 is 0 Å². The van der Waals surface area contributed by atoms with Crippen LogP contribution in [0.4, 0.5) is 0 Å². The molecule has 0 radical (unpaired) electrons. The number of imidazole rings is 1. The minimum absolute atomic E-state index is 0.103. The molecule has 3 aromatic rings. The van der Waals surface area contributed by atoms with E-state index in [1.807, 2.05) is 24.4 Å². The standard InChI is InChI=1S/C15H14N4/c16-15(5-6-15)11-3-4-12-13(8-11)19-14(18-12)10-2-1-7-17-9-10/h1-4,7-9H,5-6,16H2,(H,18,19). The maximum atomic E-state index is 6.23. The van der Waals surface area contributed by atoms with Gasteiger partial charge in [0.2, 0.25) is 0 Å². The van der Waals surface area contributed by atoms with Crippen LogP contribution in [0.25, 0.3) is 22.4 Å². The number of H-pyrrole nitrogens is 1. The minimum atomic E-state index is -0.103. The number of aromatic amines is 1. The fourth-order valence-electron chi connectivity index (χ4n) is 2.38. The van der Waals surface area contributed by atoms with E-state index in [9.17, 15) is 0 Å². The average molecular weight is 250 g/mol. The molecule has 0 bridgehead atoms. The Labute approximate surface area is 110 Å². The molecular formula is C15H14N4. The van der Waals surface area contributed by atoms with Crippen molar-refractivity contribution in [3.63, 3.8) is 0 Å². The smallest absolute Gasteiger partial charge is 0.140 e. The van der Waals surface area contributed by atoms with Gasteiger partial charge in [-0.25, -0.2) is 4.98 Å². The molecule has 1 saturated carbocycles. The number of rotatable bonds is 2. The van der Waals surface area contributed by atoms with Gasteiger partial charge in [-0.1, -0.05) is 6.07 Å². The summed E-state index contributed by atoms with van der Waals surface area (Å²) in [4.78, 5) is 12.1. The third-order valence-corrected chi connectivity index (χ3v) is 3.78. The quantitative estimate of drug-likeness (QED) is 0.734. The second kappa shape index (κ2) is 3.65. The molecule has 19 heavy (non-hydrogen) atoms. The summed E-state index contributed by atoms with van der Waals surface area (Å²) in [5.41, 5.74) is 10.3. The Kier molecular flexibility index (Phi) is 2.05. The maximum absolute atomic E-state index is 6.23. The van der Waals surface area contributed by atoms with Gasteiger partial charge in [-0.15, -0.1) is 0 Å². The number of benzene rings is 1. The number of pyridine rings is 1. The van der Waals surface area contributed by atoms with Crippen LogP contribution < -0.4 is 5.73 Å². The summed E-state index contributed by atoms with van der Waals surface area (Å²) >= 11 is 0. The first-order valence-electron chi connectivity index (χ1n) is 6.44. The molecule has 2 heterocycles. The summed E-state index contributed by atoms with van der Waals surface area (Å²) < 4.78 is 0. The number of nitrogens with one attached hydrogen (secondary N) is 1. The number of hydrogen-bond donors (Lipinski definition) is 2. The van der Waals surface area contributed by atoms with E-state index in [0.717, 1.165) is 35.3 Å². The number of fused-ring (bicyclic) bond motifs is 1. The molecule has 2 aromatic heterocycles. The summed E-state index contributed by atoms with van der Waals surface area (Å²) in [6.45, 7) is 0. The van der Waals surface area contributed by atoms with Crippen LogP contribution in [0.15, 0.2) is 42.7 Å². The number of nitrogens with zero attached hydrogens (tertiary/aromatic N) is 2. The Hall–Kier alpha value is -2.20. The molecule has 0 unspecified atom stereocenters. The van der Waals surface area contributed by atoms with Crippen molar-refractivity contribution in [2.45, 2.75) is 18.4 Å². The van der Waals surface area contributed by atoms with Crippen molar-refractivity contribution in [2.75, 3.05) is 0 Å². The number of nitrogens with two attached hydrogens (primary N) is 1. The molecule has 0 amide bonds. The molecule has 4 heteroatoms. The number of hydrogen-bond acceptors (Lipinski definition) is 3. The van der Waals surface area contributed by atoms with Crippen LogP contribution in [0.1, 0.15) is 18.4 Å². The van der Waals surface area contributed by atoms with Gasteiger partial charge in [0.05, 0.1) is 11.0 Å². The lowest BCUT2D eigenvalue weighted by Crippen LogP contribution is -2.18. The lowest BCUT2D eigenvalue weighted by molar-refractivity contribution is 0.741. The van der Waals surface area contributed by atoms with Crippen LogP contribution >= 0.6 is 0 Å². The fourth-order valence-corrected chi connectivity index (χ4v) is 2.38. The molecule has 0 atom stereocenters. The highest BCUT2D eigenvalue weighted by atomic mass is 14.9. The third-order valence-electron chi connectivity index (χ3n) is 3.78. The molecule has 1 aromatic carbocycles. The molecule has 4 rings (SSSR count). The summed E-state index contributed by atoms with van der Waals surface area (Å²) in [5, 5.41) is 0. The first-order chi connectivity index (χ1) is 9.24. The van der Waals surface area contributed by atoms with Gasteiger partial charge in [-0.2, -0.15) is 0 Å². The monoisotopic (exact) mass is 250 g/mol. The topological polar surface area (TPSA) is 67.6 Å². The summed E-state index contributed by atoms with van der Waals surface area (Å²) in [5.74, 6) is 0.849. The minimum Gasteiger partial charge on any atom is -0.338 e. The van der Waals surface area contributed by atoms with E-state index in [0.29, 0.717) is 0 Å². The van der Waals surface area contributed by atoms with Gasteiger partial charge in [-0.3, -0.25) is 4.98 Å².